The lowest BCUT2D eigenvalue weighted by molar-refractivity contribution is 0.0484. The van der Waals surface area contributed by atoms with Gasteiger partial charge in [0.1, 0.15) is 5.69 Å². The number of hydrogen-bond donors (Lipinski definition) is 0. The third kappa shape index (κ3) is 4.43. The summed E-state index contributed by atoms with van der Waals surface area (Å²) in [4.78, 5) is 17.5. The molecule has 32 heavy (non-hydrogen) atoms. The number of rotatable bonds is 7. The van der Waals surface area contributed by atoms with E-state index in [0.717, 1.165) is 68.1 Å². The normalized spacial score (nSPS) is 18.8. The van der Waals surface area contributed by atoms with Gasteiger partial charge < -0.3 is 23.5 Å². The van der Waals surface area contributed by atoms with Gasteiger partial charge in [-0.05, 0) is 44.2 Å². The van der Waals surface area contributed by atoms with Crippen molar-refractivity contribution < 1.29 is 18.5 Å². The number of piperidine rings is 1. The molecule has 3 aromatic rings. The molecule has 7 nitrogen and oxygen atoms in total. The fraction of sp³-hybridized carbons (Fsp3) is 0.440. The molecule has 4 heterocycles. The van der Waals surface area contributed by atoms with E-state index >= 15 is 0 Å². The standard InChI is InChI=1S/C25H29N3O4/c29-24(22-12-8-16-31-22)28(17-20-11-7-15-30-20)18-21-23(19-9-3-1-4-10-19)26-32-25(21)27-13-5-2-6-14-27/h1,3-4,8-10,12,16,20H,2,5-7,11,13-15,17-18H2/t20-/m1/s1. The van der Waals surface area contributed by atoms with Gasteiger partial charge >= 0.3 is 0 Å². The third-order valence-electron chi connectivity index (χ3n) is 6.27. The second kappa shape index (κ2) is 9.61. The van der Waals surface area contributed by atoms with Crippen LogP contribution in [0.1, 0.15) is 48.2 Å². The molecule has 1 amide bonds. The Hall–Kier alpha value is -3.06. The fourth-order valence-electron chi connectivity index (χ4n) is 4.61. The average Bonchev–Trinajstić information content (AvgIpc) is 3.61. The van der Waals surface area contributed by atoms with Gasteiger partial charge in [0.15, 0.2) is 5.76 Å². The van der Waals surface area contributed by atoms with Crippen molar-refractivity contribution >= 4 is 11.8 Å². The van der Waals surface area contributed by atoms with E-state index in [9.17, 15) is 4.79 Å². The minimum Gasteiger partial charge on any atom is -0.459 e. The summed E-state index contributed by atoms with van der Waals surface area (Å²) < 4.78 is 17.2. The van der Waals surface area contributed by atoms with Crippen LogP contribution >= 0.6 is 0 Å². The Labute approximate surface area is 187 Å². The second-order valence-corrected chi connectivity index (χ2v) is 8.53. The van der Waals surface area contributed by atoms with E-state index in [1.807, 2.05) is 35.2 Å². The predicted octanol–water partition coefficient (Wildman–Crippen LogP) is 4.75. The molecule has 5 rings (SSSR count). The molecule has 1 aromatic carbocycles. The van der Waals surface area contributed by atoms with Crippen LogP contribution in [0.25, 0.3) is 11.3 Å². The maximum atomic E-state index is 13.4. The van der Waals surface area contributed by atoms with Crippen molar-refractivity contribution in [3.05, 3.63) is 60.1 Å². The highest BCUT2D eigenvalue weighted by atomic mass is 16.5. The number of hydrogen-bond acceptors (Lipinski definition) is 6. The molecule has 168 valence electrons. The van der Waals surface area contributed by atoms with Crippen LogP contribution < -0.4 is 4.90 Å². The lowest BCUT2D eigenvalue weighted by Crippen LogP contribution is -2.37. The Morgan fingerprint density at radius 1 is 1.06 bits per heavy atom. The van der Waals surface area contributed by atoms with Crippen molar-refractivity contribution in [2.45, 2.75) is 44.8 Å². The Balaban J connectivity index is 1.50. The lowest BCUT2D eigenvalue weighted by Gasteiger charge is -2.29. The molecule has 2 aliphatic rings. The summed E-state index contributed by atoms with van der Waals surface area (Å²) in [5, 5.41) is 4.46. The van der Waals surface area contributed by atoms with Crippen LogP contribution in [0.3, 0.4) is 0 Å². The van der Waals surface area contributed by atoms with Gasteiger partial charge in [-0.15, -0.1) is 0 Å². The first kappa shape index (κ1) is 20.8. The van der Waals surface area contributed by atoms with Gasteiger partial charge in [0, 0.05) is 31.8 Å². The Morgan fingerprint density at radius 2 is 1.91 bits per heavy atom. The number of nitrogens with zero attached hydrogens (tertiary/aromatic N) is 3. The maximum Gasteiger partial charge on any atom is 0.289 e. The van der Waals surface area contributed by atoms with Gasteiger partial charge in [0.25, 0.3) is 5.91 Å². The summed E-state index contributed by atoms with van der Waals surface area (Å²) in [6, 6.07) is 13.5. The zero-order valence-electron chi connectivity index (χ0n) is 18.2. The zero-order valence-corrected chi connectivity index (χ0v) is 18.2. The highest BCUT2D eigenvalue weighted by molar-refractivity contribution is 5.91. The summed E-state index contributed by atoms with van der Waals surface area (Å²) in [6.45, 7) is 3.52. The molecule has 7 heteroatoms. The molecular weight excluding hydrogens is 406 g/mol. The largest absolute Gasteiger partial charge is 0.459 e. The average molecular weight is 436 g/mol. The summed E-state index contributed by atoms with van der Waals surface area (Å²) in [5.74, 6) is 0.962. The number of ether oxygens (including phenoxy) is 1. The first-order chi connectivity index (χ1) is 15.8. The van der Waals surface area contributed by atoms with Crippen LogP contribution in [0.5, 0.6) is 0 Å². The SMILES string of the molecule is O=C(c1ccco1)N(Cc1c(-c2ccccc2)noc1N1CCCCC1)C[C@H]1CCCO1. The van der Waals surface area contributed by atoms with E-state index in [4.69, 9.17) is 13.7 Å². The van der Waals surface area contributed by atoms with Crippen molar-refractivity contribution in [2.24, 2.45) is 0 Å². The van der Waals surface area contributed by atoms with Crippen LogP contribution in [0, 0.1) is 0 Å². The first-order valence-corrected chi connectivity index (χ1v) is 11.5. The topological polar surface area (TPSA) is 72.0 Å². The molecule has 2 fully saturated rings. The van der Waals surface area contributed by atoms with Crippen molar-refractivity contribution in [3.63, 3.8) is 0 Å². The molecule has 0 bridgehead atoms. The van der Waals surface area contributed by atoms with Crippen LogP contribution in [0.15, 0.2) is 57.7 Å². The lowest BCUT2D eigenvalue weighted by atomic mass is 10.0. The highest BCUT2D eigenvalue weighted by Gasteiger charge is 2.30. The molecule has 2 aliphatic heterocycles. The zero-order chi connectivity index (χ0) is 21.8. The van der Waals surface area contributed by atoms with Crippen molar-refractivity contribution in [2.75, 3.05) is 31.1 Å². The van der Waals surface area contributed by atoms with E-state index in [0.29, 0.717) is 18.8 Å². The summed E-state index contributed by atoms with van der Waals surface area (Å²) in [5.41, 5.74) is 2.71. The minimum atomic E-state index is -0.143. The van der Waals surface area contributed by atoms with Gasteiger partial charge in [0.2, 0.25) is 5.88 Å². The number of carbonyl (C=O) groups excluding carboxylic acids is 1. The molecule has 0 N–H and O–H groups in total. The Kier molecular flexibility index (Phi) is 6.25. The van der Waals surface area contributed by atoms with Crippen molar-refractivity contribution in [3.8, 4) is 11.3 Å². The maximum absolute atomic E-state index is 13.4. The molecule has 0 spiro atoms. The van der Waals surface area contributed by atoms with Crippen molar-refractivity contribution in [1.82, 2.24) is 10.1 Å². The number of carbonyl (C=O) groups is 1. The van der Waals surface area contributed by atoms with E-state index in [2.05, 4.69) is 10.1 Å². The quantitative estimate of drug-likeness (QED) is 0.533. The van der Waals surface area contributed by atoms with Gasteiger partial charge in [-0.3, -0.25) is 4.79 Å². The molecule has 2 aromatic heterocycles. The first-order valence-electron chi connectivity index (χ1n) is 11.5. The number of aromatic nitrogens is 1. The van der Waals surface area contributed by atoms with Gasteiger partial charge in [-0.2, -0.15) is 0 Å². The summed E-state index contributed by atoms with van der Waals surface area (Å²) in [7, 11) is 0. The Morgan fingerprint density at radius 3 is 2.62 bits per heavy atom. The van der Waals surface area contributed by atoms with Crippen molar-refractivity contribution in [1.29, 1.82) is 0 Å². The van der Waals surface area contributed by atoms with Crippen LogP contribution in [-0.2, 0) is 11.3 Å². The smallest absolute Gasteiger partial charge is 0.289 e. The monoisotopic (exact) mass is 435 g/mol. The van der Waals surface area contributed by atoms with Crippen LogP contribution in [0.2, 0.25) is 0 Å². The molecule has 0 aliphatic carbocycles. The Bertz CT molecular complexity index is 1000. The molecule has 1 atom stereocenters. The van der Waals surface area contributed by atoms with Crippen LogP contribution in [-0.4, -0.2) is 48.3 Å². The van der Waals surface area contributed by atoms with E-state index in [-0.39, 0.29) is 12.0 Å². The summed E-state index contributed by atoms with van der Waals surface area (Å²) >= 11 is 0. The summed E-state index contributed by atoms with van der Waals surface area (Å²) in [6.07, 6.45) is 7.04. The minimum absolute atomic E-state index is 0.0346. The van der Waals surface area contributed by atoms with Gasteiger partial charge in [-0.25, -0.2) is 0 Å². The number of benzene rings is 1. The van der Waals surface area contributed by atoms with E-state index < -0.39 is 0 Å². The molecule has 0 unspecified atom stereocenters. The fourth-order valence-corrected chi connectivity index (χ4v) is 4.61. The second-order valence-electron chi connectivity index (χ2n) is 8.53. The van der Waals surface area contributed by atoms with Gasteiger partial charge in [-0.1, -0.05) is 35.5 Å². The van der Waals surface area contributed by atoms with E-state index in [1.165, 1.54) is 12.7 Å². The number of anilines is 1. The molecule has 0 saturated carbocycles. The van der Waals surface area contributed by atoms with Crippen LogP contribution in [0.4, 0.5) is 5.88 Å². The molecule has 2 saturated heterocycles. The number of furan rings is 1. The molecular formula is C25H29N3O4. The molecule has 0 radical (unpaired) electrons. The van der Waals surface area contributed by atoms with Gasteiger partial charge in [0.05, 0.1) is 24.5 Å². The highest BCUT2D eigenvalue weighted by Crippen LogP contribution is 2.34. The predicted molar refractivity (Wildman–Crippen MR) is 120 cm³/mol. The van der Waals surface area contributed by atoms with E-state index in [1.54, 1.807) is 12.1 Å². The third-order valence-corrected chi connectivity index (χ3v) is 6.27. The number of amides is 1.